The number of carbonyl (C=O) groups excluding carboxylic acids is 1. The average Bonchev–Trinajstić information content (AvgIpc) is 2.76. The average molecular weight is 511 g/mol. The molecule has 6 nitrogen and oxygen atoms in total. The van der Waals surface area contributed by atoms with Crippen LogP contribution >= 0.6 is 34.8 Å². The van der Waals surface area contributed by atoms with Crippen LogP contribution in [0.1, 0.15) is 11.1 Å². The third-order valence-corrected chi connectivity index (χ3v) is 7.30. The maximum atomic E-state index is 13.3. The number of nitrogens with zero attached hydrogens (tertiary/aromatic N) is 2. The van der Waals surface area contributed by atoms with Gasteiger partial charge in [-0.1, -0.05) is 65.1 Å². The Kier molecular flexibility index (Phi) is 7.79. The molecule has 0 fully saturated rings. The summed E-state index contributed by atoms with van der Waals surface area (Å²) in [6.07, 6.45) is 1.29. The first-order valence-electron chi connectivity index (χ1n) is 9.30. The van der Waals surface area contributed by atoms with E-state index in [0.717, 1.165) is 9.87 Å². The molecule has 0 atom stereocenters. The zero-order valence-electron chi connectivity index (χ0n) is 16.8. The van der Waals surface area contributed by atoms with E-state index in [-0.39, 0.29) is 10.6 Å². The lowest BCUT2D eigenvalue weighted by Crippen LogP contribution is -2.39. The zero-order valence-corrected chi connectivity index (χ0v) is 19.9. The summed E-state index contributed by atoms with van der Waals surface area (Å²) in [5.74, 6) is -0.666. The van der Waals surface area contributed by atoms with Crippen LogP contribution in [0.5, 0.6) is 0 Å². The van der Waals surface area contributed by atoms with Gasteiger partial charge >= 0.3 is 0 Å². The molecule has 0 aromatic heterocycles. The van der Waals surface area contributed by atoms with Crippen molar-refractivity contribution < 1.29 is 13.2 Å². The fourth-order valence-electron chi connectivity index (χ4n) is 2.74. The summed E-state index contributed by atoms with van der Waals surface area (Å²) in [5.41, 5.74) is 3.76. The number of carbonyl (C=O) groups is 1. The Morgan fingerprint density at radius 2 is 1.62 bits per heavy atom. The Labute approximate surface area is 201 Å². The number of sulfonamides is 1. The third kappa shape index (κ3) is 5.61. The van der Waals surface area contributed by atoms with Gasteiger partial charge < -0.3 is 0 Å². The summed E-state index contributed by atoms with van der Waals surface area (Å²) in [4.78, 5) is 12.6. The van der Waals surface area contributed by atoms with E-state index in [9.17, 15) is 13.2 Å². The van der Waals surface area contributed by atoms with Gasteiger partial charge in [-0.3, -0.25) is 9.10 Å². The number of nitrogens with one attached hydrogen (secondary N) is 1. The van der Waals surface area contributed by atoms with Crippen LogP contribution in [-0.4, -0.2) is 27.1 Å². The number of hydrogen-bond donors (Lipinski definition) is 1. The first-order chi connectivity index (χ1) is 15.2. The monoisotopic (exact) mass is 509 g/mol. The summed E-state index contributed by atoms with van der Waals surface area (Å²) in [6, 6.07) is 17.5. The first kappa shape index (κ1) is 24.1. The van der Waals surface area contributed by atoms with Gasteiger partial charge in [0.25, 0.3) is 15.9 Å². The predicted molar refractivity (Wildman–Crippen MR) is 129 cm³/mol. The smallest absolute Gasteiger partial charge is 0.264 e. The number of rotatable bonds is 7. The molecular formula is C22H18Cl3N3O3S. The number of anilines is 1. The van der Waals surface area contributed by atoms with Crippen LogP contribution < -0.4 is 9.73 Å². The van der Waals surface area contributed by atoms with E-state index >= 15 is 0 Å². The molecule has 0 unspecified atom stereocenters. The minimum absolute atomic E-state index is 0.0378. The van der Waals surface area contributed by atoms with Gasteiger partial charge in [0.2, 0.25) is 0 Å². The van der Waals surface area contributed by atoms with Gasteiger partial charge in [0.05, 0.1) is 26.8 Å². The van der Waals surface area contributed by atoms with Crippen molar-refractivity contribution in [2.24, 2.45) is 5.10 Å². The molecular weight excluding hydrogens is 493 g/mol. The molecule has 1 N–H and O–H groups in total. The second kappa shape index (κ2) is 10.4. The highest BCUT2D eigenvalue weighted by Crippen LogP contribution is 2.28. The molecule has 0 spiro atoms. The Balaban J connectivity index is 1.88. The Hall–Kier alpha value is -2.58. The molecule has 0 bridgehead atoms. The number of hydrogen-bond acceptors (Lipinski definition) is 4. The van der Waals surface area contributed by atoms with Gasteiger partial charge in [-0.2, -0.15) is 5.10 Å². The van der Waals surface area contributed by atoms with Gasteiger partial charge in [-0.25, -0.2) is 13.8 Å². The highest BCUT2D eigenvalue weighted by atomic mass is 35.5. The number of amides is 1. The predicted octanol–water partition coefficient (Wildman–Crippen LogP) is 5.30. The minimum atomic E-state index is -4.05. The van der Waals surface area contributed by atoms with Crippen LogP contribution in [0.15, 0.2) is 76.7 Å². The molecule has 0 aliphatic heterocycles. The van der Waals surface area contributed by atoms with E-state index in [1.54, 1.807) is 55.5 Å². The SMILES string of the molecule is Cc1ccc(N(CC(=O)N/N=C\c2c(Cl)cccc2Cl)S(=O)(=O)c2ccccc2)cc1Cl. The molecule has 3 rings (SSSR count). The second-order valence-corrected chi connectivity index (χ2v) is 9.77. The van der Waals surface area contributed by atoms with Gasteiger partial charge in [-0.15, -0.1) is 0 Å². The Bertz CT molecular complexity index is 1250. The second-order valence-electron chi connectivity index (χ2n) is 6.69. The summed E-state index contributed by atoms with van der Waals surface area (Å²) < 4.78 is 27.5. The number of halogens is 3. The minimum Gasteiger partial charge on any atom is -0.271 e. The molecule has 0 aliphatic rings. The molecule has 0 saturated carbocycles. The zero-order chi connectivity index (χ0) is 23.3. The van der Waals surface area contributed by atoms with Crippen LogP contribution in [0.25, 0.3) is 0 Å². The lowest BCUT2D eigenvalue weighted by molar-refractivity contribution is -0.119. The van der Waals surface area contributed by atoms with Gasteiger partial charge in [0.15, 0.2) is 0 Å². The molecule has 0 radical (unpaired) electrons. The Morgan fingerprint density at radius 3 is 2.25 bits per heavy atom. The standard InChI is InChI=1S/C22H18Cl3N3O3S/c1-15-10-11-16(12-21(15)25)28(32(30,31)17-6-3-2-4-7-17)14-22(29)27-26-13-18-19(23)8-5-9-20(18)24/h2-13H,14H2,1H3,(H,27,29)/b26-13-. The van der Waals surface area contributed by atoms with Crippen molar-refractivity contribution in [3.8, 4) is 0 Å². The van der Waals surface area contributed by atoms with Crippen LogP contribution in [0.4, 0.5) is 5.69 Å². The molecule has 3 aromatic rings. The van der Waals surface area contributed by atoms with E-state index in [0.29, 0.717) is 20.6 Å². The van der Waals surface area contributed by atoms with E-state index < -0.39 is 22.5 Å². The topological polar surface area (TPSA) is 78.8 Å². The summed E-state index contributed by atoms with van der Waals surface area (Å²) in [7, 11) is -4.05. The van der Waals surface area contributed by atoms with Crippen LogP contribution in [-0.2, 0) is 14.8 Å². The van der Waals surface area contributed by atoms with Crippen molar-refractivity contribution in [2.75, 3.05) is 10.8 Å². The first-order valence-corrected chi connectivity index (χ1v) is 11.9. The normalized spacial score (nSPS) is 11.5. The number of hydrazone groups is 1. The van der Waals surface area contributed by atoms with Crippen molar-refractivity contribution >= 4 is 62.6 Å². The molecule has 166 valence electrons. The Morgan fingerprint density at radius 1 is 0.969 bits per heavy atom. The lowest BCUT2D eigenvalue weighted by atomic mass is 10.2. The van der Waals surface area contributed by atoms with Crippen LogP contribution in [0.3, 0.4) is 0 Å². The summed E-state index contributed by atoms with van der Waals surface area (Å²) >= 11 is 18.4. The molecule has 0 heterocycles. The molecule has 0 saturated heterocycles. The number of benzene rings is 3. The molecule has 1 amide bonds. The quantitative estimate of drug-likeness (QED) is 0.346. The van der Waals surface area contributed by atoms with Crippen molar-refractivity contribution in [2.45, 2.75) is 11.8 Å². The van der Waals surface area contributed by atoms with Crippen molar-refractivity contribution in [1.82, 2.24) is 5.43 Å². The van der Waals surface area contributed by atoms with E-state index in [2.05, 4.69) is 10.5 Å². The van der Waals surface area contributed by atoms with Crippen molar-refractivity contribution in [3.63, 3.8) is 0 Å². The van der Waals surface area contributed by atoms with Crippen molar-refractivity contribution in [1.29, 1.82) is 0 Å². The maximum Gasteiger partial charge on any atom is 0.264 e. The van der Waals surface area contributed by atoms with E-state index in [1.165, 1.54) is 24.4 Å². The van der Waals surface area contributed by atoms with Crippen LogP contribution in [0.2, 0.25) is 15.1 Å². The highest BCUT2D eigenvalue weighted by Gasteiger charge is 2.27. The van der Waals surface area contributed by atoms with Gasteiger partial charge in [0, 0.05) is 10.6 Å². The fraction of sp³-hybridized carbons (Fsp3) is 0.0909. The van der Waals surface area contributed by atoms with Gasteiger partial charge in [0.1, 0.15) is 6.54 Å². The van der Waals surface area contributed by atoms with Crippen molar-refractivity contribution in [3.05, 3.63) is 92.9 Å². The summed E-state index contributed by atoms with van der Waals surface area (Å²) in [5, 5.41) is 4.95. The fourth-order valence-corrected chi connectivity index (χ4v) is 4.84. The maximum absolute atomic E-state index is 13.3. The van der Waals surface area contributed by atoms with E-state index in [4.69, 9.17) is 34.8 Å². The van der Waals surface area contributed by atoms with Gasteiger partial charge in [-0.05, 0) is 48.9 Å². The summed E-state index contributed by atoms with van der Waals surface area (Å²) in [6.45, 7) is 1.27. The highest BCUT2D eigenvalue weighted by molar-refractivity contribution is 7.92. The van der Waals surface area contributed by atoms with E-state index in [1.807, 2.05) is 0 Å². The molecule has 0 aliphatic carbocycles. The largest absolute Gasteiger partial charge is 0.271 e. The molecule has 3 aromatic carbocycles. The molecule has 32 heavy (non-hydrogen) atoms. The lowest BCUT2D eigenvalue weighted by Gasteiger charge is -2.24. The van der Waals surface area contributed by atoms with Crippen LogP contribution in [0, 0.1) is 6.92 Å². The molecule has 10 heteroatoms. The number of aryl methyl sites for hydroxylation is 1. The third-order valence-electron chi connectivity index (χ3n) is 4.44.